The summed E-state index contributed by atoms with van der Waals surface area (Å²) in [5.74, 6) is 0. The van der Waals surface area contributed by atoms with Crippen molar-refractivity contribution < 1.29 is 0 Å². The second-order valence-corrected chi connectivity index (χ2v) is 4.12. The van der Waals surface area contributed by atoms with Crippen molar-refractivity contribution in [1.82, 2.24) is 15.0 Å². The molecule has 17 heavy (non-hydrogen) atoms. The fourth-order valence-corrected chi connectivity index (χ4v) is 1.66. The zero-order valence-corrected chi connectivity index (χ0v) is 10.4. The first-order valence-electron chi connectivity index (χ1n) is 5.52. The summed E-state index contributed by atoms with van der Waals surface area (Å²) < 4.78 is 0. The highest BCUT2D eigenvalue weighted by molar-refractivity contribution is 5.68. The van der Waals surface area contributed by atoms with Crippen molar-refractivity contribution in [3.8, 4) is 0 Å². The highest BCUT2D eigenvalue weighted by Crippen LogP contribution is 2.22. The SMILES string of the molecule is Cc1[nH]cnc1CNc1cnccc1N(C)C. The fourth-order valence-electron chi connectivity index (χ4n) is 1.66. The summed E-state index contributed by atoms with van der Waals surface area (Å²) in [5, 5.41) is 3.35. The molecule has 2 N–H and O–H groups in total. The Morgan fingerprint density at radius 3 is 2.88 bits per heavy atom. The average molecular weight is 231 g/mol. The summed E-state index contributed by atoms with van der Waals surface area (Å²) in [4.78, 5) is 13.5. The monoisotopic (exact) mass is 231 g/mol. The molecule has 0 fully saturated rings. The third kappa shape index (κ3) is 2.55. The molecule has 0 atom stereocenters. The maximum Gasteiger partial charge on any atom is 0.0925 e. The summed E-state index contributed by atoms with van der Waals surface area (Å²) in [7, 11) is 4.03. The van der Waals surface area contributed by atoms with E-state index < -0.39 is 0 Å². The van der Waals surface area contributed by atoms with Crippen LogP contribution in [-0.2, 0) is 6.54 Å². The number of rotatable bonds is 4. The van der Waals surface area contributed by atoms with E-state index in [4.69, 9.17) is 0 Å². The highest BCUT2D eigenvalue weighted by Gasteiger charge is 2.05. The van der Waals surface area contributed by atoms with Gasteiger partial charge in [-0.05, 0) is 13.0 Å². The Balaban J connectivity index is 2.11. The molecule has 90 valence electrons. The standard InChI is InChI=1S/C12H17N5/c1-9-10(16-8-15-9)7-14-11-6-13-5-4-12(11)17(2)3/h4-6,8,14H,7H2,1-3H3,(H,15,16). The molecule has 5 nitrogen and oxygen atoms in total. The predicted molar refractivity (Wildman–Crippen MR) is 69.2 cm³/mol. The number of aryl methyl sites for hydroxylation is 1. The van der Waals surface area contributed by atoms with Crippen LogP contribution in [0.2, 0.25) is 0 Å². The van der Waals surface area contributed by atoms with Gasteiger partial charge in [-0.1, -0.05) is 0 Å². The number of hydrogen-bond acceptors (Lipinski definition) is 4. The first-order valence-corrected chi connectivity index (χ1v) is 5.52. The van der Waals surface area contributed by atoms with Crippen molar-refractivity contribution in [3.63, 3.8) is 0 Å². The van der Waals surface area contributed by atoms with Crippen molar-refractivity contribution in [2.24, 2.45) is 0 Å². The topological polar surface area (TPSA) is 56.8 Å². The van der Waals surface area contributed by atoms with E-state index in [2.05, 4.69) is 25.2 Å². The molecule has 0 saturated carbocycles. The average Bonchev–Trinajstić information content (AvgIpc) is 2.72. The molecule has 0 aliphatic heterocycles. The lowest BCUT2D eigenvalue weighted by Crippen LogP contribution is -2.12. The maximum atomic E-state index is 4.25. The number of hydrogen-bond donors (Lipinski definition) is 2. The van der Waals surface area contributed by atoms with E-state index in [9.17, 15) is 0 Å². The number of nitrogens with zero attached hydrogens (tertiary/aromatic N) is 3. The highest BCUT2D eigenvalue weighted by atomic mass is 15.1. The van der Waals surface area contributed by atoms with Gasteiger partial charge in [-0.2, -0.15) is 0 Å². The maximum absolute atomic E-state index is 4.25. The largest absolute Gasteiger partial charge is 0.376 e. The van der Waals surface area contributed by atoms with Gasteiger partial charge in [-0.15, -0.1) is 0 Å². The van der Waals surface area contributed by atoms with Crippen LogP contribution in [0.4, 0.5) is 11.4 Å². The Labute approximate surface area is 101 Å². The summed E-state index contributed by atoms with van der Waals surface area (Å²) in [6, 6.07) is 1.99. The Hall–Kier alpha value is -2.04. The molecule has 0 amide bonds. The van der Waals surface area contributed by atoms with Gasteiger partial charge in [0, 0.05) is 26.0 Å². The van der Waals surface area contributed by atoms with Crippen molar-refractivity contribution in [3.05, 3.63) is 36.2 Å². The summed E-state index contributed by atoms with van der Waals surface area (Å²) in [6.07, 6.45) is 5.33. The minimum atomic E-state index is 0.696. The number of anilines is 2. The van der Waals surface area contributed by atoms with Crippen molar-refractivity contribution in [1.29, 1.82) is 0 Å². The minimum absolute atomic E-state index is 0.696. The Bertz CT molecular complexity index is 489. The van der Waals surface area contributed by atoms with Gasteiger partial charge in [-0.25, -0.2) is 4.98 Å². The van der Waals surface area contributed by atoms with Crippen molar-refractivity contribution in [2.45, 2.75) is 13.5 Å². The third-order valence-corrected chi connectivity index (χ3v) is 2.66. The summed E-state index contributed by atoms with van der Waals surface area (Å²) >= 11 is 0. The van der Waals surface area contributed by atoms with E-state index in [1.54, 1.807) is 12.5 Å². The van der Waals surface area contributed by atoms with Gasteiger partial charge < -0.3 is 15.2 Å². The van der Waals surface area contributed by atoms with Crippen LogP contribution >= 0.6 is 0 Å². The second kappa shape index (κ2) is 4.86. The molecule has 0 bridgehead atoms. The Morgan fingerprint density at radius 2 is 2.24 bits per heavy atom. The summed E-state index contributed by atoms with van der Waals surface area (Å²) in [6.45, 7) is 2.71. The van der Waals surface area contributed by atoms with Crippen LogP contribution in [0.1, 0.15) is 11.4 Å². The number of aromatic nitrogens is 3. The molecule has 0 saturated heterocycles. The van der Waals surface area contributed by atoms with Gasteiger partial charge in [0.15, 0.2) is 0 Å². The van der Waals surface area contributed by atoms with E-state index in [1.807, 2.05) is 33.3 Å². The molecule has 0 unspecified atom stereocenters. The van der Waals surface area contributed by atoms with Gasteiger partial charge in [0.2, 0.25) is 0 Å². The zero-order valence-electron chi connectivity index (χ0n) is 10.4. The molecule has 0 aliphatic carbocycles. The number of nitrogens with one attached hydrogen (secondary N) is 2. The van der Waals surface area contributed by atoms with Gasteiger partial charge >= 0.3 is 0 Å². The zero-order chi connectivity index (χ0) is 12.3. The molecule has 2 aromatic heterocycles. The number of H-pyrrole nitrogens is 1. The number of aromatic amines is 1. The van der Waals surface area contributed by atoms with E-state index in [-0.39, 0.29) is 0 Å². The molecule has 5 heteroatoms. The Morgan fingerprint density at radius 1 is 1.41 bits per heavy atom. The molecule has 0 radical (unpaired) electrons. The van der Waals surface area contributed by atoms with E-state index in [0.29, 0.717) is 6.54 Å². The van der Waals surface area contributed by atoms with Crippen LogP contribution < -0.4 is 10.2 Å². The quantitative estimate of drug-likeness (QED) is 0.842. The third-order valence-electron chi connectivity index (χ3n) is 2.66. The lowest BCUT2D eigenvalue weighted by atomic mass is 10.3. The molecule has 0 aromatic carbocycles. The molecular formula is C12H17N5. The molecule has 2 aromatic rings. The molecule has 2 heterocycles. The van der Waals surface area contributed by atoms with Gasteiger partial charge in [0.05, 0.1) is 36.1 Å². The number of imidazole rings is 1. The molecule has 2 rings (SSSR count). The molecular weight excluding hydrogens is 214 g/mol. The minimum Gasteiger partial charge on any atom is -0.376 e. The predicted octanol–water partition coefficient (Wildman–Crippen LogP) is 1.79. The van der Waals surface area contributed by atoms with Gasteiger partial charge in [0.25, 0.3) is 0 Å². The smallest absolute Gasteiger partial charge is 0.0925 e. The van der Waals surface area contributed by atoms with Crippen LogP contribution in [0.5, 0.6) is 0 Å². The summed E-state index contributed by atoms with van der Waals surface area (Å²) in [5.41, 5.74) is 4.25. The van der Waals surface area contributed by atoms with Crippen LogP contribution in [0.3, 0.4) is 0 Å². The molecule has 0 aliphatic rings. The van der Waals surface area contributed by atoms with Crippen molar-refractivity contribution in [2.75, 3.05) is 24.3 Å². The molecule has 0 spiro atoms. The first-order chi connectivity index (χ1) is 8.18. The van der Waals surface area contributed by atoms with Gasteiger partial charge in [0.1, 0.15) is 0 Å². The first kappa shape index (κ1) is 11.4. The Kier molecular flexibility index (Phi) is 3.27. The lowest BCUT2D eigenvalue weighted by molar-refractivity contribution is 1.03. The van der Waals surface area contributed by atoms with Crippen LogP contribution in [0.25, 0.3) is 0 Å². The van der Waals surface area contributed by atoms with Gasteiger partial charge in [-0.3, -0.25) is 4.98 Å². The van der Waals surface area contributed by atoms with E-state index in [0.717, 1.165) is 22.8 Å². The second-order valence-electron chi connectivity index (χ2n) is 4.12. The van der Waals surface area contributed by atoms with Crippen LogP contribution in [-0.4, -0.2) is 29.0 Å². The fraction of sp³-hybridized carbons (Fsp3) is 0.333. The van der Waals surface area contributed by atoms with Crippen LogP contribution in [0.15, 0.2) is 24.8 Å². The van der Waals surface area contributed by atoms with E-state index in [1.165, 1.54) is 0 Å². The normalized spacial score (nSPS) is 10.3. The lowest BCUT2D eigenvalue weighted by Gasteiger charge is -2.17. The van der Waals surface area contributed by atoms with E-state index >= 15 is 0 Å². The van der Waals surface area contributed by atoms with Crippen molar-refractivity contribution >= 4 is 11.4 Å². The number of pyridine rings is 1. The van der Waals surface area contributed by atoms with Crippen LogP contribution in [0, 0.1) is 6.92 Å².